The highest BCUT2D eigenvalue weighted by Crippen LogP contribution is 2.20. The number of carbonyl (C=O) groups is 2. The van der Waals surface area contributed by atoms with Crippen molar-refractivity contribution in [1.29, 1.82) is 0 Å². The normalized spacial score (nSPS) is 11.2. The Balaban J connectivity index is 2.86. The Morgan fingerprint density at radius 3 is 2.05 bits per heavy atom. The summed E-state index contributed by atoms with van der Waals surface area (Å²) in [6.07, 6.45) is 2.05. The summed E-state index contributed by atoms with van der Waals surface area (Å²) < 4.78 is 0. The molecule has 0 heterocycles. The summed E-state index contributed by atoms with van der Waals surface area (Å²) in [5.41, 5.74) is 1.06. The van der Waals surface area contributed by atoms with Crippen LogP contribution in [-0.4, -0.2) is 22.5 Å². The second kappa shape index (κ2) is 7.08. The van der Waals surface area contributed by atoms with Crippen LogP contribution in [0.25, 0.3) is 0 Å². The van der Waals surface area contributed by atoms with Gasteiger partial charge in [-0.05, 0) is 37.0 Å². The molecular weight excluding hydrogens is 254 g/mol. The fourth-order valence-electron chi connectivity index (χ4n) is 2.22. The molecule has 0 aliphatic rings. The van der Waals surface area contributed by atoms with E-state index < -0.39 is 11.5 Å². The number of amides is 1. The lowest BCUT2D eigenvalue weighted by atomic mass is 9.88. The molecule has 0 aliphatic carbocycles. The van der Waals surface area contributed by atoms with Gasteiger partial charge >= 0.3 is 5.97 Å². The van der Waals surface area contributed by atoms with Crippen LogP contribution in [-0.2, 0) is 11.2 Å². The number of nitrogens with one attached hydrogen (secondary N) is 1. The van der Waals surface area contributed by atoms with Gasteiger partial charge in [0.1, 0.15) is 0 Å². The molecule has 20 heavy (non-hydrogen) atoms. The maximum Gasteiger partial charge on any atom is 0.305 e. The van der Waals surface area contributed by atoms with E-state index in [4.69, 9.17) is 5.11 Å². The molecule has 110 valence electrons. The summed E-state index contributed by atoms with van der Waals surface area (Å²) >= 11 is 0. The molecule has 0 aromatic heterocycles. The van der Waals surface area contributed by atoms with Crippen molar-refractivity contribution in [3.63, 3.8) is 0 Å². The molecule has 0 bridgehead atoms. The Hall–Kier alpha value is -1.84. The van der Waals surface area contributed by atoms with Gasteiger partial charge in [-0.25, -0.2) is 0 Å². The minimum atomic E-state index is -0.893. The third kappa shape index (κ3) is 4.08. The van der Waals surface area contributed by atoms with Gasteiger partial charge in [0.05, 0.1) is 12.0 Å². The fourth-order valence-corrected chi connectivity index (χ4v) is 2.22. The summed E-state index contributed by atoms with van der Waals surface area (Å²) in [6, 6.07) is 7.41. The zero-order valence-corrected chi connectivity index (χ0v) is 12.4. The summed E-state index contributed by atoms with van der Waals surface area (Å²) in [5.74, 6) is -1.10. The van der Waals surface area contributed by atoms with Crippen LogP contribution in [0.15, 0.2) is 24.3 Å². The monoisotopic (exact) mass is 277 g/mol. The van der Waals surface area contributed by atoms with E-state index >= 15 is 0 Å². The highest BCUT2D eigenvalue weighted by Gasteiger charge is 2.31. The maximum atomic E-state index is 12.3. The largest absolute Gasteiger partial charge is 0.481 e. The van der Waals surface area contributed by atoms with E-state index in [0.29, 0.717) is 18.4 Å². The molecule has 0 radical (unpaired) electrons. The number of carbonyl (C=O) groups excluding carboxylic acids is 1. The van der Waals surface area contributed by atoms with Gasteiger partial charge in [0, 0.05) is 5.56 Å². The van der Waals surface area contributed by atoms with E-state index in [0.717, 1.165) is 6.42 Å². The molecule has 0 saturated carbocycles. The van der Waals surface area contributed by atoms with Crippen molar-refractivity contribution in [2.24, 2.45) is 0 Å². The number of hydrogen-bond acceptors (Lipinski definition) is 2. The van der Waals surface area contributed by atoms with E-state index in [1.165, 1.54) is 5.56 Å². The van der Waals surface area contributed by atoms with Crippen LogP contribution in [0.3, 0.4) is 0 Å². The average Bonchev–Trinajstić information content (AvgIpc) is 2.46. The second-order valence-electron chi connectivity index (χ2n) is 5.06. The fraction of sp³-hybridized carbons (Fsp3) is 0.500. The van der Waals surface area contributed by atoms with Gasteiger partial charge < -0.3 is 10.4 Å². The van der Waals surface area contributed by atoms with Crippen molar-refractivity contribution in [2.45, 2.75) is 52.0 Å². The van der Waals surface area contributed by atoms with Crippen LogP contribution >= 0.6 is 0 Å². The lowest BCUT2D eigenvalue weighted by Gasteiger charge is -2.31. The Kier molecular flexibility index (Phi) is 5.74. The molecule has 0 atom stereocenters. The highest BCUT2D eigenvalue weighted by atomic mass is 16.4. The molecule has 1 aromatic carbocycles. The summed E-state index contributed by atoms with van der Waals surface area (Å²) in [4.78, 5) is 23.2. The Morgan fingerprint density at radius 1 is 1.10 bits per heavy atom. The van der Waals surface area contributed by atoms with Crippen LogP contribution in [0, 0.1) is 0 Å². The lowest BCUT2D eigenvalue weighted by Crippen LogP contribution is -2.49. The van der Waals surface area contributed by atoms with Gasteiger partial charge in [-0.3, -0.25) is 9.59 Å². The number of aryl methyl sites for hydroxylation is 1. The molecular formula is C16H23NO3. The second-order valence-corrected chi connectivity index (χ2v) is 5.06. The van der Waals surface area contributed by atoms with E-state index in [9.17, 15) is 9.59 Å². The minimum Gasteiger partial charge on any atom is -0.481 e. The van der Waals surface area contributed by atoms with Gasteiger partial charge in [0.25, 0.3) is 5.91 Å². The first-order valence-electron chi connectivity index (χ1n) is 7.09. The van der Waals surface area contributed by atoms with Crippen LogP contribution in [0.1, 0.15) is 56.0 Å². The quantitative estimate of drug-likeness (QED) is 0.805. The number of benzene rings is 1. The summed E-state index contributed by atoms with van der Waals surface area (Å²) in [6.45, 7) is 5.85. The molecule has 0 saturated heterocycles. The number of aliphatic carboxylic acids is 1. The van der Waals surface area contributed by atoms with Crippen LogP contribution < -0.4 is 5.32 Å². The van der Waals surface area contributed by atoms with Crippen molar-refractivity contribution in [2.75, 3.05) is 0 Å². The number of rotatable bonds is 7. The molecule has 4 heteroatoms. The van der Waals surface area contributed by atoms with Gasteiger partial charge in [-0.2, -0.15) is 0 Å². The van der Waals surface area contributed by atoms with Gasteiger partial charge in [0.15, 0.2) is 0 Å². The molecule has 2 N–H and O–H groups in total. The standard InChI is InChI=1S/C16H23NO3/c1-4-12-7-9-13(10-8-12)15(20)17-16(5-2,6-3)11-14(18)19/h7-10H,4-6,11H2,1-3H3,(H,17,20)(H,18,19). The average molecular weight is 277 g/mol. The smallest absolute Gasteiger partial charge is 0.305 e. The van der Waals surface area contributed by atoms with Crippen molar-refractivity contribution >= 4 is 11.9 Å². The molecule has 0 aliphatic heterocycles. The SMILES string of the molecule is CCc1ccc(C(=O)NC(CC)(CC)CC(=O)O)cc1. The van der Waals surface area contributed by atoms with E-state index in [-0.39, 0.29) is 12.3 Å². The van der Waals surface area contributed by atoms with Crippen LogP contribution in [0.4, 0.5) is 0 Å². The third-order valence-electron chi connectivity index (χ3n) is 3.85. The molecule has 1 rings (SSSR count). The van der Waals surface area contributed by atoms with E-state index in [2.05, 4.69) is 12.2 Å². The predicted molar refractivity (Wildman–Crippen MR) is 78.9 cm³/mol. The molecule has 1 aromatic rings. The third-order valence-corrected chi connectivity index (χ3v) is 3.85. The van der Waals surface area contributed by atoms with Gasteiger partial charge in [-0.1, -0.05) is 32.9 Å². The zero-order valence-electron chi connectivity index (χ0n) is 12.4. The van der Waals surface area contributed by atoms with Crippen molar-refractivity contribution in [3.8, 4) is 0 Å². The molecule has 0 fully saturated rings. The Labute approximate surface area is 120 Å². The molecule has 0 spiro atoms. The van der Waals surface area contributed by atoms with Crippen LogP contribution in [0.5, 0.6) is 0 Å². The zero-order chi connectivity index (χ0) is 15.2. The van der Waals surface area contributed by atoms with Gasteiger partial charge in [0.2, 0.25) is 0 Å². The first kappa shape index (κ1) is 16.2. The van der Waals surface area contributed by atoms with Gasteiger partial charge in [-0.15, -0.1) is 0 Å². The van der Waals surface area contributed by atoms with Crippen molar-refractivity contribution in [1.82, 2.24) is 5.32 Å². The summed E-state index contributed by atoms with van der Waals surface area (Å²) in [5, 5.41) is 11.9. The molecule has 0 unspecified atom stereocenters. The Morgan fingerprint density at radius 2 is 1.65 bits per heavy atom. The molecule has 4 nitrogen and oxygen atoms in total. The predicted octanol–water partition coefficient (Wildman–Crippen LogP) is 3.01. The number of hydrogen-bond donors (Lipinski definition) is 2. The summed E-state index contributed by atoms with van der Waals surface area (Å²) in [7, 11) is 0. The molecule has 1 amide bonds. The minimum absolute atomic E-state index is 0.0568. The highest BCUT2D eigenvalue weighted by molar-refractivity contribution is 5.95. The number of carboxylic acids is 1. The van der Waals surface area contributed by atoms with Crippen molar-refractivity contribution < 1.29 is 14.7 Å². The maximum absolute atomic E-state index is 12.3. The lowest BCUT2D eigenvalue weighted by molar-refractivity contribution is -0.138. The Bertz CT molecular complexity index is 461. The van der Waals surface area contributed by atoms with Crippen LogP contribution in [0.2, 0.25) is 0 Å². The van der Waals surface area contributed by atoms with E-state index in [1.54, 1.807) is 12.1 Å². The first-order chi connectivity index (χ1) is 9.46. The number of carboxylic acid groups (broad SMARTS) is 1. The topological polar surface area (TPSA) is 66.4 Å². The van der Waals surface area contributed by atoms with Crippen molar-refractivity contribution in [3.05, 3.63) is 35.4 Å². The first-order valence-corrected chi connectivity index (χ1v) is 7.09. The van der Waals surface area contributed by atoms with E-state index in [1.807, 2.05) is 26.0 Å².